The SMILES string of the molecule is Brc1cc2sccc2s1. The Morgan fingerprint density at radius 1 is 1.33 bits per heavy atom. The van der Waals surface area contributed by atoms with E-state index in [1.165, 1.54) is 13.2 Å². The Labute approximate surface area is 69.3 Å². The van der Waals surface area contributed by atoms with Gasteiger partial charge in [0.05, 0.1) is 3.79 Å². The van der Waals surface area contributed by atoms with Gasteiger partial charge in [-0.1, -0.05) is 0 Å². The highest BCUT2D eigenvalue weighted by molar-refractivity contribution is 9.11. The molecule has 0 radical (unpaired) electrons. The van der Waals surface area contributed by atoms with E-state index in [-0.39, 0.29) is 0 Å². The first-order valence-electron chi connectivity index (χ1n) is 2.49. The van der Waals surface area contributed by atoms with Gasteiger partial charge in [0.25, 0.3) is 0 Å². The fourth-order valence-electron chi connectivity index (χ4n) is 0.736. The predicted octanol–water partition coefficient (Wildman–Crippen LogP) is 3.73. The fraction of sp³-hybridized carbons (Fsp3) is 0. The number of rotatable bonds is 0. The summed E-state index contributed by atoms with van der Waals surface area (Å²) in [5.74, 6) is 0. The fourth-order valence-corrected chi connectivity index (χ4v) is 3.47. The smallest absolute Gasteiger partial charge is 0.0719 e. The van der Waals surface area contributed by atoms with E-state index in [1.54, 1.807) is 22.7 Å². The molecule has 0 aliphatic heterocycles. The van der Waals surface area contributed by atoms with E-state index in [0.717, 1.165) is 0 Å². The quantitative estimate of drug-likeness (QED) is 0.633. The van der Waals surface area contributed by atoms with Gasteiger partial charge in [-0.2, -0.15) is 0 Å². The third-order valence-electron chi connectivity index (χ3n) is 1.11. The van der Waals surface area contributed by atoms with Gasteiger partial charge in [0, 0.05) is 9.40 Å². The second kappa shape index (κ2) is 2.08. The Morgan fingerprint density at radius 2 is 2.22 bits per heavy atom. The molecule has 0 nitrogen and oxygen atoms in total. The summed E-state index contributed by atoms with van der Waals surface area (Å²) < 4.78 is 3.99. The van der Waals surface area contributed by atoms with Crippen LogP contribution in [-0.4, -0.2) is 0 Å². The zero-order valence-corrected chi connectivity index (χ0v) is 7.65. The molecule has 0 saturated heterocycles. The number of hydrogen-bond acceptors (Lipinski definition) is 2. The number of thiophene rings is 2. The molecule has 3 heteroatoms. The van der Waals surface area contributed by atoms with Crippen molar-refractivity contribution in [2.45, 2.75) is 0 Å². The lowest BCUT2D eigenvalue weighted by molar-refractivity contribution is 2.13. The van der Waals surface area contributed by atoms with Crippen molar-refractivity contribution in [2.75, 3.05) is 0 Å². The molecule has 2 heterocycles. The van der Waals surface area contributed by atoms with E-state index in [9.17, 15) is 0 Å². The lowest BCUT2D eigenvalue weighted by Crippen LogP contribution is -1.35. The lowest BCUT2D eigenvalue weighted by Gasteiger charge is -1.66. The third-order valence-corrected chi connectivity index (χ3v) is 3.71. The molecule has 0 unspecified atom stereocenters. The van der Waals surface area contributed by atoms with Crippen LogP contribution in [0.2, 0.25) is 0 Å². The van der Waals surface area contributed by atoms with E-state index in [4.69, 9.17) is 0 Å². The number of hydrogen-bond donors (Lipinski definition) is 0. The molecule has 0 spiro atoms. The van der Waals surface area contributed by atoms with Crippen LogP contribution < -0.4 is 0 Å². The van der Waals surface area contributed by atoms with Gasteiger partial charge in [-0.15, -0.1) is 22.7 Å². The van der Waals surface area contributed by atoms with E-state index >= 15 is 0 Å². The second-order valence-corrected chi connectivity index (χ2v) is 5.11. The Morgan fingerprint density at radius 3 is 3.00 bits per heavy atom. The second-order valence-electron chi connectivity index (χ2n) is 1.70. The Balaban J connectivity index is 2.92. The minimum atomic E-state index is 1.23. The van der Waals surface area contributed by atoms with Crippen molar-refractivity contribution in [3.8, 4) is 0 Å². The van der Waals surface area contributed by atoms with Crippen LogP contribution in [0.5, 0.6) is 0 Å². The van der Waals surface area contributed by atoms with Crippen LogP contribution in [0.15, 0.2) is 21.3 Å². The average Bonchev–Trinajstić information content (AvgIpc) is 2.22. The van der Waals surface area contributed by atoms with E-state index in [0.29, 0.717) is 0 Å². The minimum Gasteiger partial charge on any atom is -0.143 e. The Hall–Kier alpha value is 0.140. The summed E-state index contributed by atoms with van der Waals surface area (Å²) in [6, 6.07) is 4.31. The zero-order valence-electron chi connectivity index (χ0n) is 4.43. The molecule has 0 atom stereocenters. The molecule has 0 fully saturated rings. The largest absolute Gasteiger partial charge is 0.143 e. The Kier molecular flexibility index (Phi) is 1.36. The third kappa shape index (κ3) is 0.933. The molecular weight excluding hydrogens is 216 g/mol. The van der Waals surface area contributed by atoms with Crippen LogP contribution in [-0.2, 0) is 0 Å². The van der Waals surface area contributed by atoms with Crippen molar-refractivity contribution in [3.63, 3.8) is 0 Å². The number of halogens is 1. The molecule has 0 aromatic carbocycles. The standard InChI is InChI=1S/C6H3BrS2/c7-6-3-5-4(9-6)1-2-8-5/h1-3H. The van der Waals surface area contributed by atoms with Gasteiger partial charge < -0.3 is 0 Å². The molecule has 2 aromatic rings. The van der Waals surface area contributed by atoms with Gasteiger partial charge in [-0.3, -0.25) is 0 Å². The number of fused-ring (bicyclic) bond motifs is 1. The molecule has 46 valence electrons. The highest BCUT2D eigenvalue weighted by Gasteiger charge is 1.97. The van der Waals surface area contributed by atoms with Gasteiger partial charge in [-0.05, 0) is 33.4 Å². The summed E-state index contributed by atoms with van der Waals surface area (Å²) in [4.78, 5) is 0. The summed E-state index contributed by atoms with van der Waals surface area (Å²) in [5, 5.41) is 2.12. The van der Waals surface area contributed by atoms with Crippen LogP contribution in [0.3, 0.4) is 0 Å². The van der Waals surface area contributed by atoms with Crippen LogP contribution in [0.25, 0.3) is 9.40 Å². The maximum atomic E-state index is 3.43. The molecule has 0 aliphatic carbocycles. The first-order valence-corrected chi connectivity index (χ1v) is 4.98. The van der Waals surface area contributed by atoms with Crippen molar-refractivity contribution < 1.29 is 0 Å². The van der Waals surface area contributed by atoms with Crippen molar-refractivity contribution in [1.82, 2.24) is 0 Å². The summed E-state index contributed by atoms with van der Waals surface area (Å²) >= 11 is 7.00. The molecule has 0 bridgehead atoms. The summed E-state index contributed by atoms with van der Waals surface area (Å²) in [6.07, 6.45) is 0. The van der Waals surface area contributed by atoms with E-state index in [2.05, 4.69) is 33.4 Å². The maximum absolute atomic E-state index is 3.43. The molecule has 0 saturated carbocycles. The summed E-state index contributed by atoms with van der Waals surface area (Å²) in [6.45, 7) is 0. The highest BCUT2D eigenvalue weighted by Crippen LogP contribution is 2.32. The van der Waals surface area contributed by atoms with Gasteiger partial charge in [0.15, 0.2) is 0 Å². The molecule has 0 N–H and O–H groups in total. The summed E-state index contributed by atoms with van der Waals surface area (Å²) in [7, 11) is 0. The van der Waals surface area contributed by atoms with Crippen molar-refractivity contribution in [1.29, 1.82) is 0 Å². The van der Waals surface area contributed by atoms with Crippen molar-refractivity contribution in [3.05, 3.63) is 21.3 Å². The van der Waals surface area contributed by atoms with Crippen LogP contribution >= 0.6 is 38.6 Å². The highest BCUT2D eigenvalue weighted by atomic mass is 79.9. The van der Waals surface area contributed by atoms with Gasteiger partial charge in [-0.25, -0.2) is 0 Å². The molecule has 2 aromatic heterocycles. The minimum absolute atomic E-state index is 1.23. The topological polar surface area (TPSA) is 0 Å². The average molecular weight is 219 g/mol. The van der Waals surface area contributed by atoms with Crippen LogP contribution in [0, 0.1) is 0 Å². The van der Waals surface area contributed by atoms with E-state index in [1.807, 2.05) is 0 Å². The van der Waals surface area contributed by atoms with Crippen LogP contribution in [0.4, 0.5) is 0 Å². The van der Waals surface area contributed by atoms with Gasteiger partial charge in [0.2, 0.25) is 0 Å². The normalized spacial score (nSPS) is 10.8. The first-order chi connectivity index (χ1) is 4.36. The van der Waals surface area contributed by atoms with Crippen LogP contribution in [0.1, 0.15) is 0 Å². The Bertz CT molecular complexity index is 292. The van der Waals surface area contributed by atoms with Crippen molar-refractivity contribution >= 4 is 48.0 Å². The molecule has 9 heavy (non-hydrogen) atoms. The predicted molar refractivity (Wildman–Crippen MR) is 47.4 cm³/mol. The maximum Gasteiger partial charge on any atom is 0.0719 e. The molecular formula is C6H3BrS2. The van der Waals surface area contributed by atoms with E-state index < -0.39 is 0 Å². The van der Waals surface area contributed by atoms with Gasteiger partial charge >= 0.3 is 0 Å². The molecule has 2 rings (SSSR count). The lowest BCUT2D eigenvalue weighted by atomic mass is 10.5. The van der Waals surface area contributed by atoms with Crippen molar-refractivity contribution in [2.24, 2.45) is 0 Å². The monoisotopic (exact) mass is 218 g/mol. The first kappa shape index (κ1) is 5.89. The zero-order chi connectivity index (χ0) is 6.27. The molecule has 0 amide bonds. The van der Waals surface area contributed by atoms with Gasteiger partial charge in [0.1, 0.15) is 0 Å². The summed E-state index contributed by atoms with van der Waals surface area (Å²) in [5.41, 5.74) is 0. The molecule has 0 aliphatic rings.